The van der Waals surface area contributed by atoms with Gasteiger partial charge in [0.2, 0.25) is 0 Å². The van der Waals surface area contributed by atoms with Crippen LogP contribution in [0.2, 0.25) is 5.02 Å². The van der Waals surface area contributed by atoms with E-state index < -0.39 is 0 Å². The van der Waals surface area contributed by atoms with Gasteiger partial charge in [-0.25, -0.2) is 0 Å². The summed E-state index contributed by atoms with van der Waals surface area (Å²) in [4.78, 5) is 0. The third-order valence-corrected chi connectivity index (χ3v) is 4.02. The highest BCUT2D eigenvalue weighted by Gasteiger charge is 2.29. The van der Waals surface area contributed by atoms with E-state index in [0.717, 1.165) is 28.5 Å². The van der Waals surface area contributed by atoms with Crippen LogP contribution in [0.1, 0.15) is 57.3 Å². The maximum atomic E-state index is 6.50. The van der Waals surface area contributed by atoms with Crippen LogP contribution < -0.4 is 0 Å². The Balaban J connectivity index is 2.31. The van der Waals surface area contributed by atoms with Crippen molar-refractivity contribution in [3.05, 3.63) is 33.9 Å². The third-order valence-electron chi connectivity index (χ3n) is 3.61. The minimum atomic E-state index is -0.0775. The lowest BCUT2D eigenvalue weighted by atomic mass is 9.82. The monoisotopic (exact) mass is 294 g/mol. The molecule has 0 radical (unpaired) electrons. The first-order valence-corrected chi connectivity index (χ1v) is 7.24. The SMILES string of the molecule is Cc1cn[nH]c1C(C)(C)Cc1[nH]nc(C(C)(C)C)c1Cl. The van der Waals surface area contributed by atoms with Crippen LogP contribution in [-0.4, -0.2) is 20.4 Å². The van der Waals surface area contributed by atoms with Crippen molar-refractivity contribution in [3.8, 4) is 0 Å². The summed E-state index contributed by atoms with van der Waals surface area (Å²) < 4.78 is 0. The van der Waals surface area contributed by atoms with Crippen LogP contribution in [0.3, 0.4) is 0 Å². The molecule has 0 bridgehead atoms. The van der Waals surface area contributed by atoms with Gasteiger partial charge in [-0.2, -0.15) is 10.2 Å². The normalized spacial score (nSPS) is 12.9. The van der Waals surface area contributed by atoms with Crippen molar-refractivity contribution in [2.24, 2.45) is 0 Å². The standard InChI is InChI=1S/C15H23ClN4/c1-9-8-17-19-12(9)15(5,6)7-10-11(16)13(20-18-10)14(2,3)4/h8H,7H2,1-6H3,(H,17,19)(H,18,20). The van der Waals surface area contributed by atoms with E-state index in [0.29, 0.717) is 0 Å². The molecule has 2 heterocycles. The number of nitrogens with one attached hydrogen (secondary N) is 2. The molecule has 0 aliphatic heterocycles. The zero-order chi connectivity index (χ0) is 15.1. The quantitative estimate of drug-likeness (QED) is 0.901. The van der Waals surface area contributed by atoms with Gasteiger partial charge in [0.25, 0.3) is 0 Å². The maximum Gasteiger partial charge on any atom is 0.0864 e. The van der Waals surface area contributed by atoms with Crippen molar-refractivity contribution in [1.82, 2.24) is 20.4 Å². The van der Waals surface area contributed by atoms with E-state index in [2.05, 4.69) is 61.9 Å². The molecule has 2 aromatic rings. The molecule has 0 atom stereocenters. The average Bonchev–Trinajstić information content (AvgIpc) is 2.85. The Morgan fingerprint density at radius 1 is 1.15 bits per heavy atom. The van der Waals surface area contributed by atoms with Gasteiger partial charge in [-0.05, 0) is 12.5 Å². The summed E-state index contributed by atoms with van der Waals surface area (Å²) in [6.07, 6.45) is 2.64. The molecule has 2 rings (SSSR count). The second kappa shape index (κ2) is 4.92. The predicted molar refractivity (Wildman–Crippen MR) is 82.4 cm³/mol. The van der Waals surface area contributed by atoms with Crippen molar-refractivity contribution in [2.75, 3.05) is 0 Å². The van der Waals surface area contributed by atoms with E-state index in [9.17, 15) is 0 Å². The summed E-state index contributed by atoms with van der Waals surface area (Å²) in [5.74, 6) is 0. The van der Waals surface area contributed by atoms with Crippen LogP contribution in [0.25, 0.3) is 0 Å². The summed E-state index contributed by atoms with van der Waals surface area (Å²) in [6, 6.07) is 0. The van der Waals surface area contributed by atoms with Gasteiger partial charge in [0.1, 0.15) is 0 Å². The van der Waals surface area contributed by atoms with E-state index in [1.54, 1.807) is 0 Å². The highest BCUT2D eigenvalue weighted by Crippen LogP contribution is 2.34. The highest BCUT2D eigenvalue weighted by atomic mass is 35.5. The average molecular weight is 295 g/mol. The van der Waals surface area contributed by atoms with Crippen molar-refractivity contribution in [1.29, 1.82) is 0 Å². The van der Waals surface area contributed by atoms with Gasteiger partial charge in [-0.15, -0.1) is 0 Å². The molecular formula is C15H23ClN4. The summed E-state index contributed by atoms with van der Waals surface area (Å²) in [5, 5.41) is 15.5. The molecule has 2 N–H and O–H groups in total. The van der Waals surface area contributed by atoms with Crippen LogP contribution in [0, 0.1) is 6.92 Å². The Kier molecular flexibility index (Phi) is 3.71. The fourth-order valence-corrected chi connectivity index (χ4v) is 2.98. The van der Waals surface area contributed by atoms with E-state index >= 15 is 0 Å². The van der Waals surface area contributed by atoms with Crippen molar-refractivity contribution < 1.29 is 0 Å². The molecule has 0 aliphatic rings. The molecule has 0 aliphatic carbocycles. The Morgan fingerprint density at radius 3 is 2.25 bits per heavy atom. The topological polar surface area (TPSA) is 57.4 Å². The van der Waals surface area contributed by atoms with Gasteiger partial charge < -0.3 is 0 Å². The maximum absolute atomic E-state index is 6.50. The summed E-state index contributed by atoms with van der Waals surface area (Å²) >= 11 is 6.50. The number of aryl methyl sites for hydroxylation is 1. The molecule has 0 aromatic carbocycles. The third kappa shape index (κ3) is 2.75. The van der Waals surface area contributed by atoms with Gasteiger partial charge in [-0.1, -0.05) is 46.2 Å². The summed E-state index contributed by atoms with van der Waals surface area (Å²) in [5.41, 5.74) is 4.08. The molecule has 110 valence electrons. The minimum absolute atomic E-state index is 0.0557. The number of hydrogen-bond acceptors (Lipinski definition) is 2. The van der Waals surface area contributed by atoms with Crippen molar-refractivity contribution >= 4 is 11.6 Å². The van der Waals surface area contributed by atoms with Crippen LogP contribution >= 0.6 is 11.6 Å². The fourth-order valence-electron chi connectivity index (χ4n) is 2.54. The van der Waals surface area contributed by atoms with E-state index in [-0.39, 0.29) is 10.8 Å². The molecule has 0 spiro atoms. The van der Waals surface area contributed by atoms with Gasteiger partial charge >= 0.3 is 0 Å². The molecule has 0 amide bonds. The Hall–Kier alpha value is -1.29. The lowest BCUT2D eigenvalue weighted by Crippen LogP contribution is -2.22. The smallest absolute Gasteiger partial charge is 0.0864 e. The van der Waals surface area contributed by atoms with E-state index in [1.807, 2.05) is 6.20 Å². The zero-order valence-electron chi connectivity index (χ0n) is 13.1. The van der Waals surface area contributed by atoms with E-state index in [4.69, 9.17) is 11.6 Å². The highest BCUT2D eigenvalue weighted by molar-refractivity contribution is 6.32. The number of nitrogens with zero attached hydrogens (tertiary/aromatic N) is 2. The van der Waals surface area contributed by atoms with Gasteiger partial charge in [0.05, 0.1) is 22.6 Å². The van der Waals surface area contributed by atoms with Crippen LogP contribution in [0.4, 0.5) is 0 Å². The number of H-pyrrole nitrogens is 2. The molecule has 0 fully saturated rings. The lowest BCUT2D eigenvalue weighted by molar-refractivity contribution is 0.494. The molecule has 20 heavy (non-hydrogen) atoms. The number of halogens is 1. The summed E-state index contributed by atoms with van der Waals surface area (Å²) in [6.45, 7) is 12.8. The molecule has 4 nitrogen and oxygen atoms in total. The molecule has 0 saturated carbocycles. The van der Waals surface area contributed by atoms with Crippen LogP contribution in [0.5, 0.6) is 0 Å². The zero-order valence-corrected chi connectivity index (χ0v) is 13.8. The Bertz CT molecular complexity index is 602. The molecule has 5 heteroatoms. The number of aromatic amines is 2. The van der Waals surface area contributed by atoms with Gasteiger partial charge in [0, 0.05) is 22.9 Å². The van der Waals surface area contributed by atoms with Crippen LogP contribution in [-0.2, 0) is 17.3 Å². The number of aromatic nitrogens is 4. The molecule has 0 saturated heterocycles. The first kappa shape index (κ1) is 15.1. The Labute approximate surface area is 125 Å². The number of rotatable bonds is 3. The molecule has 2 aromatic heterocycles. The fraction of sp³-hybridized carbons (Fsp3) is 0.600. The second-order valence-electron chi connectivity index (χ2n) is 7.10. The minimum Gasteiger partial charge on any atom is -0.282 e. The van der Waals surface area contributed by atoms with Gasteiger partial charge in [-0.3, -0.25) is 10.2 Å². The second-order valence-corrected chi connectivity index (χ2v) is 7.48. The predicted octanol–water partition coefficient (Wildman–Crippen LogP) is 3.91. The van der Waals surface area contributed by atoms with Crippen molar-refractivity contribution in [3.63, 3.8) is 0 Å². The summed E-state index contributed by atoms with van der Waals surface area (Å²) in [7, 11) is 0. The molecule has 0 unspecified atom stereocenters. The first-order chi connectivity index (χ1) is 9.13. The van der Waals surface area contributed by atoms with Crippen LogP contribution in [0.15, 0.2) is 6.20 Å². The van der Waals surface area contributed by atoms with Gasteiger partial charge in [0.15, 0.2) is 0 Å². The first-order valence-electron chi connectivity index (χ1n) is 6.86. The lowest BCUT2D eigenvalue weighted by Gasteiger charge is -2.23. The Morgan fingerprint density at radius 2 is 1.80 bits per heavy atom. The largest absolute Gasteiger partial charge is 0.282 e. The molecular weight excluding hydrogens is 272 g/mol. The number of hydrogen-bond donors (Lipinski definition) is 2. The van der Waals surface area contributed by atoms with E-state index in [1.165, 1.54) is 5.56 Å². The van der Waals surface area contributed by atoms with Crippen molar-refractivity contribution in [2.45, 2.75) is 58.8 Å².